The molecule has 2 rings (SSSR count). The summed E-state index contributed by atoms with van der Waals surface area (Å²) in [6, 6.07) is 8.19. The molecule has 8 heteroatoms. The number of nitrogens with one attached hydrogen (secondary N) is 2. The number of unbranched alkanes of at least 4 members (excludes halogenated alkanes) is 1. The SMILES string of the molecule is O=C(/C=C/c1ccc(O)cc1O)NCCCCNC(=O)/C=C/c1ccc(O)cc1O. The Morgan fingerprint density at radius 1 is 0.700 bits per heavy atom. The third-order valence-corrected chi connectivity index (χ3v) is 4.06. The second kappa shape index (κ2) is 11.2. The van der Waals surface area contributed by atoms with E-state index in [9.17, 15) is 30.0 Å². The van der Waals surface area contributed by atoms with E-state index in [-0.39, 0.29) is 34.8 Å². The fraction of sp³-hybridized carbons (Fsp3) is 0.182. The summed E-state index contributed by atoms with van der Waals surface area (Å²) in [5.41, 5.74) is 0.832. The van der Waals surface area contributed by atoms with Crippen molar-refractivity contribution in [1.82, 2.24) is 10.6 Å². The van der Waals surface area contributed by atoms with Crippen LogP contribution in [-0.2, 0) is 9.59 Å². The van der Waals surface area contributed by atoms with Crippen LogP contribution in [0.5, 0.6) is 23.0 Å². The molecule has 0 aliphatic rings. The van der Waals surface area contributed by atoms with E-state index in [1.54, 1.807) is 0 Å². The van der Waals surface area contributed by atoms with Crippen LogP contribution in [0.25, 0.3) is 12.2 Å². The van der Waals surface area contributed by atoms with Gasteiger partial charge in [0.1, 0.15) is 23.0 Å². The molecular weight excluding hydrogens is 388 g/mol. The van der Waals surface area contributed by atoms with E-state index in [1.807, 2.05) is 0 Å². The van der Waals surface area contributed by atoms with Gasteiger partial charge in [0.15, 0.2) is 0 Å². The Hall–Kier alpha value is -3.94. The normalized spacial score (nSPS) is 11.1. The summed E-state index contributed by atoms with van der Waals surface area (Å²) in [5.74, 6) is -0.995. The van der Waals surface area contributed by atoms with Crippen LogP contribution in [0, 0.1) is 0 Å². The van der Waals surface area contributed by atoms with Gasteiger partial charge in [-0.3, -0.25) is 9.59 Å². The quantitative estimate of drug-likeness (QED) is 0.276. The highest BCUT2D eigenvalue weighted by molar-refractivity contribution is 5.92. The largest absolute Gasteiger partial charge is 0.508 e. The number of phenols is 4. The first-order chi connectivity index (χ1) is 14.3. The number of hydrogen-bond acceptors (Lipinski definition) is 6. The van der Waals surface area contributed by atoms with Gasteiger partial charge in [0.2, 0.25) is 11.8 Å². The van der Waals surface area contributed by atoms with Gasteiger partial charge < -0.3 is 31.1 Å². The number of benzene rings is 2. The van der Waals surface area contributed by atoms with E-state index < -0.39 is 0 Å². The van der Waals surface area contributed by atoms with Gasteiger partial charge in [0, 0.05) is 48.5 Å². The van der Waals surface area contributed by atoms with Gasteiger partial charge in [-0.05, 0) is 49.3 Å². The highest BCUT2D eigenvalue weighted by atomic mass is 16.3. The Labute approximate surface area is 173 Å². The van der Waals surface area contributed by atoms with Gasteiger partial charge in [-0.25, -0.2) is 0 Å². The number of phenolic OH excluding ortho intramolecular Hbond substituents is 4. The van der Waals surface area contributed by atoms with Gasteiger partial charge in [-0.2, -0.15) is 0 Å². The van der Waals surface area contributed by atoms with Crippen molar-refractivity contribution in [2.75, 3.05) is 13.1 Å². The minimum Gasteiger partial charge on any atom is -0.508 e. The van der Waals surface area contributed by atoms with Crippen LogP contribution in [0.3, 0.4) is 0 Å². The zero-order chi connectivity index (χ0) is 21.9. The van der Waals surface area contributed by atoms with Gasteiger partial charge >= 0.3 is 0 Å². The Bertz CT molecular complexity index is 875. The average Bonchev–Trinajstić information content (AvgIpc) is 2.69. The molecule has 0 bridgehead atoms. The van der Waals surface area contributed by atoms with Gasteiger partial charge in [0.25, 0.3) is 0 Å². The van der Waals surface area contributed by atoms with Crippen molar-refractivity contribution in [1.29, 1.82) is 0 Å². The van der Waals surface area contributed by atoms with Gasteiger partial charge in [0.05, 0.1) is 0 Å². The predicted octanol–water partition coefficient (Wildman–Crippen LogP) is 2.25. The van der Waals surface area contributed by atoms with E-state index >= 15 is 0 Å². The topological polar surface area (TPSA) is 139 Å². The van der Waals surface area contributed by atoms with Crippen molar-refractivity contribution in [3.8, 4) is 23.0 Å². The van der Waals surface area contributed by atoms with E-state index in [0.717, 1.165) is 0 Å². The predicted molar refractivity (Wildman–Crippen MR) is 113 cm³/mol. The number of aromatic hydroxyl groups is 4. The monoisotopic (exact) mass is 412 g/mol. The lowest BCUT2D eigenvalue weighted by molar-refractivity contribution is -0.117. The zero-order valence-electron chi connectivity index (χ0n) is 16.2. The van der Waals surface area contributed by atoms with Crippen LogP contribution in [0.15, 0.2) is 48.6 Å². The minimum atomic E-state index is -0.317. The van der Waals surface area contributed by atoms with Crippen molar-refractivity contribution in [3.05, 3.63) is 59.7 Å². The molecule has 2 amide bonds. The lowest BCUT2D eigenvalue weighted by atomic mass is 10.1. The van der Waals surface area contributed by atoms with Crippen LogP contribution in [0.4, 0.5) is 0 Å². The average molecular weight is 412 g/mol. The summed E-state index contributed by atoms with van der Waals surface area (Å²) in [6.45, 7) is 0.857. The summed E-state index contributed by atoms with van der Waals surface area (Å²) in [6.07, 6.45) is 6.79. The molecule has 0 unspecified atom stereocenters. The molecule has 30 heavy (non-hydrogen) atoms. The van der Waals surface area contributed by atoms with Crippen LogP contribution >= 0.6 is 0 Å². The second-order valence-electron chi connectivity index (χ2n) is 6.44. The van der Waals surface area contributed by atoms with E-state index in [4.69, 9.17) is 0 Å². The molecule has 0 saturated heterocycles. The Balaban J connectivity index is 1.62. The number of rotatable bonds is 9. The molecule has 0 aliphatic heterocycles. The van der Waals surface area contributed by atoms with Crippen molar-refractivity contribution < 1.29 is 30.0 Å². The molecule has 158 valence electrons. The maximum absolute atomic E-state index is 11.8. The molecule has 0 radical (unpaired) electrons. The first-order valence-corrected chi connectivity index (χ1v) is 9.31. The molecular formula is C22H24N2O6. The third kappa shape index (κ3) is 7.59. The summed E-state index contributed by atoms with van der Waals surface area (Å²) >= 11 is 0. The van der Waals surface area contributed by atoms with Gasteiger partial charge in [-0.1, -0.05) is 0 Å². The number of carbonyl (C=O) groups excluding carboxylic acids is 2. The van der Waals surface area contributed by atoms with Crippen molar-refractivity contribution in [3.63, 3.8) is 0 Å². The van der Waals surface area contributed by atoms with Crippen molar-refractivity contribution in [2.45, 2.75) is 12.8 Å². The minimum absolute atomic E-state index is 0.0600. The lowest BCUT2D eigenvalue weighted by Crippen LogP contribution is -2.25. The standard InChI is InChI=1S/C22H24N2O6/c25-17-7-3-15(19(27)13-17)5-9-21(29)23-11-1-2-12-24-22(30)10-6-16-4-8-18(26)14-20(16)28/h3-10,13-14,25-28H,1-2,11-12H2,(H,23,29)(H,24,30)/b9-5+,10-6+. The van der Waals surface area contributed by atoms with Crippen LogP contribution in [0.2, 0.25) is 0 Å². The third-order valence-electron chi connectivity index (χ3n) is 4.06. The lowest BCUT2D eigenvalue weighted by Gasteiger charge is -2.04. The summed E-state index contributed by atoms with van der Waals surface area (Å²) < 4.78 is 0. The van der Waals surface area contributed by atoms with Crippen LogP contribution < -0.4 is 10.6 Å². The van der Waals surface area contributed by atoms with E-state index in [0.29, 0.717) is 37.1 Å². The molecule has 0 saturated carbocycles. The fourth-order valence-corrected chi connectivity index (χ4v) is 2.47. The molecule has 0 fully saturated rings. The molecule has 2 aromatic rings. The highest BCUT2D eigenvalue weighted by Crippen LogP contribution is 2.24. The Kier molecular flexibility index (Phi) is 8.31. The molecule has 6 N–H and O–H groups in total. The van der Waals surface area contributed by atoms with Crippen molar-refractivity contribution >= 4 is 24.0 Å². The molecule has 8 nitrogen and oxygen atoms in total. The summed E-state index contributed by atoms with van der Waals surface area (Å²) in [4.78, 5) is 23.5. The molecule has 0 atom stereocenters. The first-order valence-electron chi connectivity index (χ1n) is 9.31. The maximum atomic E-state index is 11.8. The Morgan fingerprint density at radius 3 is 1.47 bits per heavy atom. The zero-order valence-corrected chi connectivity index (χ0v) is 16.2. The van der Waals surface area contributed by atoms with Gasteiger partial charge in [-0.15, -0.1) is 0 Å². The molecule has 0 aromatic heterocycles. The maximum Gasteiger partial charge on any atom is 0.244 e. The van der Waals surface area contributed by atoms with E-state index in [2.05, 4.69) is 10.6 Å². The van der Waals surface area contributed by atoms with Crippen LogP contribution in [-0.4, -0.2) is 45.3 Å². The highest BCUT2D eigenvalue weighted by Gasteiger charge is 2.02. The fourth-order valence-electron chi connectivity index (χ4n) is 2.47. The molecule has 0 heterocycles. The number of hydrogen-bond donors (Lipinski definition) is 6. The molecule has 2 aromatic carbocycles. The number of amides is 2. The first kappa shape index (κ1) is 22.4. The summed E-state index contributed by atoms with van der Waals surface area (Å²) in [5, 5.41) is 43.1. The Morgan fingerprint density at radius 2 is 1.10 bits per heavy atom. The van der Waals surface area contributed by atoms with Crippen molar-refractivity contribution in [2.24, 2.45) is 0 Å². The van der Waals surface area contributed by atoms with E-state index in [1.165, 1.54) is 60.7 Å². The number of carbonyl (C=O) groups is 2. The second-order valence-corrected chi connectivity index (χ2v) is 6.44. The summed E-state index contributed by atoms with van der Waals surface area (Å²) in [7, 11) is 0. The van der Waals surface area contributed by atoms with Crippen LogP contribution in [0.1, 0.15) is 24.0 Å². The molecule has 0 aliphatic carbocycles. The smallest absolute Gasteiger partial charge is 0.244 e. The molecule has 0 spiro atoms.